The lowest BCUT2D eigenvalue weighted by Gasteiger charge is -2.54. The predicted molar refractivity (Wildman–Crippen MR) is 84.2 cm³/mol. The van der Waals surface area contributed by atoms with Crippen LogP contribution in [0.25, 0.3) is 0 Å². The Balaban J connectivity index is 1.50. The van der Waals surface area contributed by atoms with Crippen LogP contribution in [-0.4, -0.2) is 17.1 Å². The van der Waals surface area contributed by atoms with Gasteiger partial charge in [-0.05, 0) is 74.4 Å². The van der Waals surface area contributed by atoms with Crippen LogP contribution in [0, 0.1) is 23.7 Å². The van der Waals surface area contributed by atoms with Gasteiger partial charge >= 0.3 is 0 Å². The largest absolute Gasteiger partial charge is 0.359 e. The summed E-state index contributed by atoms with van der Waals surface area (Å²) in [6.07, 6.45) is 9.52. The summed E-state index contributed by atoms with van der Waals surface area (Å²) in [5.41, 5.74) is 0. The first-order chi connectivity index (χ1) is 9.65. The third kappa shape index (κ3) is 3.00. The Hall–Kier alpha value is -0.640. The van der Waals surface area contributed by atoms with Crippen molar-refractivity contribution in [3.8, 4) is 0 Å². The highest BCUT2D eigenvalue weighted by molar-refractivity contribution is 7.80. The number of hydrogen-bond donors (Lipinski definition) is 2. The van der Waals surface area contributed by atoms with Gasteiger partial charge in [-0.3, -0.25) is 4.79 Å². The summed E-state index contributed by atoms with van der Waals surface area (Å²) in [5.74, 6) is 3.59. The number of carbonyl (C=O) groups excluding carboxylic acids is 1. The maximum atomic E-state index is 11.7. The topological polar surface area (TPSA) is 41.1 Å². The molecule has 0 radical (unpaired) electrons. The smallest absolute Gasteiger partial charge is 0.226 e. The van der Waals surface area contributed by atoms with Crippen LogP contribution in [-0.2, 0) is 4.79 Å². The highest BCUT2D eigenvalue weighted by Crippen LogP contribution is 2.53. The van der Waals surface area contributed by atoms with Crippen LogP contribution in [0.4, 0.5) is 0 Å². The molecule has 0 aromatic carbocycles. The summed E-state index contributed by atoms with van der Waals surface area (Å²) in [4.78, 5) is 11.7. The minimum absolute atomic E-state index is 0.0631. The van der Waals surface area contributed by atoms with Gasteiger partial charge in [-0.1, -0.05) is 13.3 Å². The molecule has 4 aliphatic rings. The molecular formula is C16H26N2OS. The average molecular weight is 294 g/mol. The van der Waals surface area contributed by atoms with Crippen LogP contribution in [0.2, 0.25) is 0 Å². The molecule has 0 atom stereocenters. The van der Waals surface area contributed by atoms with E-state index in [0.29, 0.717) is 17.6 Å². The van der Waals surface area contributed by atoms with Crippen LogP contribution >= 0.6 is 12.2 Å². The lowest BCUT2D eigenvalue weighted by atomic mass is 9.54. The molecule has 0 aromatic rings. The normalized spacial score (nSPS) is 37.8. The Kier molecular flexibility index (Phi) is 4.29. The molecule has 0 aliphatic heterocycles. The number of rotatable bonds is 4. The van der Waals surface area contributed by atoms with Gasteiger partial charge in [-0.15, -0.1) is 0 Å². The minimum atomic E-state index is 0.0631. The zero-order chi connectivity index (χ0) is 14.1. The predicted octanol–water partition coefficient (Wildman–Crippen LogP) is 2.99. The lowest BCUT2D eigenvalue weighted by Crippen LogP contribution is -2.57. The van der Waals surface area contributed by atoms with E-state index in [4.69, 9.17) is 12.2 Å². The summed E-state index contributed by atoms with van der Waals surface area (Å²) >= 11 is 5.34. The Morgan fingerprint density at radius 1 is 1.10 bits per heavy atom. The fourth-order valence-corrected chi connectivity index (χ4v) is 5.12. The van der Waals surface area contributed by atoms with Gasteiger partial charge < -0.3 is 10.6 Å². The zero-order valence-electron chi connectivity index (χ0n) is 12.4. The number of hydrogen-bond acceptors (Lipinski definition) is 2. The fraction of sp³-hybridized carbons (Fsp3) is 0.875. The molecule has 4 fully saturated rings. The Bertz CT molecular complexity index is 368. The number of amides is 1. The standard InChI is InChI=1S/C16H26N2OS/c1-2-3-4-14(19)17-16(20)18-15-12-6-10-5-11(8-12)9-13(15)7-10/h10-13,15H,2-9H2,1H3,(H2,17,18,19,20). The van der Waals surface area contributed by atoms with Crippen molar-refractivity contribution in [2.24, 2.45) is 23.7 Å². The third-order valence-corrected chi connectivity index (χ3v) is 5.75. The molecule has 112 valence electrons. The number of carbonyl (C=O) groups is 1. The van der Waals surface area contributed by atoms with Crippen LogP contribution in [0.1, 0.15) is 58.3 Å². The second-order valence-electron chi connectivity index (χ2n) is 7.08. The molecule has 4 rings (SSSR count). The SMILES string of the molecule is CCCCC(=O)NC(=S)NC1C2CC3CC(C2)CC1C3. The van der Waals surface area contributed by atoms with E-state index >= 15 is 0 Å². The van der Waals surface area contributed by atoms with E-state index < -0.39 is 0 Å². The quantitative estimate of drug-likeness (QED) is 0.783. The van der Waals surface area contributed by atoms with Crippen molar-refractivity contribution in [3.05, 3.63) is 0 Å². The van der Waals surface area contributed by atoms with Gasteiger partial charge in [0.2, 0.25) is 5.91 Å². The maximum Gasteiger partial charge on any atom is 0.226 e. The summed E-state index contributed by atoms with van der Waals surface area (Å²) in [6.45, 7) is 2.10. The second-order valence-corrected chi connectivity index (χ2v) is 7.49. The molecule has 2 N–H and O–H groups in total. The second kappa shape index (κ2) is 6.00. The van der Waals surface area contributed by atoms with Gasteiger partial charge in [0, 0.05) is 12.5 Å². The van der Waals surface area contributed by atoms with E-state index in [0.717, 1.165) is 36.5 Å². The highest BCUT2D eigenvalue weighted by atomic mass is 32.1. The van der Waals surface area contributed by atoms with Crippen molar-refractivity contribution in [2.75, 3.05) is 0 Å². The molecule has 1 amide bonds. The van der Waals surface area contributed by atoms with Crippen molar-refractivity contribution in [3.63, 3.8) is 0 Å². The Morgan fingerprint density at radius 2 is 1.70 bits per heavy atom. The van der Waals surface area contributed by atoms with Crippen LogP contribution in [0.5, 0.6) is 0 Å². The van der Waals surface area contributed by atoms with Gasteiger partial charge in [0.25, 0.3) is 0 Å². The average Bonchev–Trinajstić information content (AvgIpc) is 2.39. The van der Waals surface area contributed by atoms with Gasteiger partial charge in [0.1, 0.15) is 0 Å². The van der Waals surface area contributed by atoms with Crippen LogP contribution in [0.3, 0.4) is 0 Å². The van der Waals surface area contributed by atoms with E-state index in [9.17, 15) is 4.79 Å². The zero-order valence-corrected chi connectivity index (χ0v) is 13.2. The van der Waals surface area contributed by atoms with Crippen molar-refractivity contribution in [1.29, 1.82) is 0 Å². The third-order valence-electron chi connectivity index (χ3n) is 5.53. The summed E-state index contributed by atoms with van der Waals surface area (Å²) in [5, 5.41) is 6.88. The molecule has 0 saturated heterocycles. The number of thiocarbonyl (C=S) groups is 1. The molecule has 0 spiro atoms. The molecule has 4 saturated carbocycles. The van der Waals surface area contributed by atoms with E-state index in [2.05, 4.69) is 17.6 Å². The van der Waals surface area contributed by atoms with Gasteiger partial charge in [-0.2, -0.15) is 0 Å². The lowest BCUT2D eigenvalue weighted by molar-refractivity contribution is -0.119. The molecule has 0 heterocycles. The molecule has 4 bridgehead atoms. The van der Waals surface area contributed by atoms with Crippen LogP contribution < -0.4 is 10.6 Å². The maximum absolute atomic E-state index is 11.7. The monoisotopic (exact) mass is 294 g/mol. The van der Waals surface area contributed by atoms with Gasteiger partial charge in [0.05, 0.1) is 0 Å². The van der Waals surface area contributed by atoms with Crippen molar-refractivity contribution < 1.29 is 4.79 Å². The van der Waals surface area contributed by atoms with Gasteiger partial charge in [-0.25, -0.2) is 0 Å². The molecule has 0 unspecified atom stereocenters. The van der Waals surface area contributed by atoms with Crippen molar-refractivity contribution >= 4 is 23.2 Å². The Morgan fingerprint density at radius 3 is 2.25 bits per heavy atom. The van der Waals surface area contributed by atoms with Crippen LogP contribution in [0.15, 0.2) is 0 Å². The summed E-state index contributed by atoms with van der Waals surface area (Å²) < 4.78 is 0. The number of nitrogens with one attached hydrogen (secondary N) is 2. The molecule has 3 nitrogen and oxygen atoms in total. The molecule has 0 aromatic heterocycles. The molecule has 4 aliphatic carbocycles. The molecular weight excluding hydrogens is 268 g/mol. The Labute approximate surface area is 127 Å². The van der Waals surface area contributed by atoms with Gasteiger partial charge in [0.15, 0.2) is 5.11 Å². The first-order valence-electron chi connectivity index (χ1n) is 8.26. The summed E-state index contributed by atoms with van der Waals surface area (Å²) in [7, 11) is 0. The first kappa shape index (κ1) is 14.3. The fourth-order valence-electron chi connectivity index (χ4n) is 4.87. The van der Waals surface area contributed by atoms with E-state index in [-0.39, 0.29) is 5.91 Å². The van der Waals surface area contributed by atoms with Crippen molar-refractivity contribution in [1.82, 2.24) is 10.6 Å². The van der Waals surface area contributed by atoms with E-state index in [1.165, 1.54) is 32.1 Å². The van der Waals surface area contributed by atoms with E-state index in [1.807, 2.05) is 0 Å². The summed E-state index contributed by atoms with van der Waals surface area (Å²) in [6, 6.07) is 0.516. The first-order valence-corrected chi connectivity index (χ1v) is 8.66. The van der Waals surface area contributed by atoms with Crippen molar-refractivity contribution in [2.45, 2.75) is 64.3 Å². The molecule has 4 heteroatoms. The minimum Gasteiger partial charge on any atom is -0.359 e. The highest BCUT2D eigenvalue weighted by Gasteiger charge is 2.48. The molecule has 20 heavy (non-hydrogen) atoms. The van der Waals surface area contributed by atoms with E-state index in [1.54, 1.807) is 0 Å². The number of unbranched alkanes of at least 4 members (excludes halogenated alkanes) is 1.